The summed E-state index contributed by atoms with van der Waals surface area (Å²) in [5, 5.41) is 0. The van der Waals surface area contributed by atoms with Crippen LogP contribution in [0.5, 0.6) is 0 Å². The molecule has 0 aromatic carbocycles. The highest BCUT2D eigenvalue weighted by Crippen LogP contribution is 2.37. The first-order valence-corrected chi connectivity index (χ1v) is 7.55. The van der Waals surface area contributed by atoms with E-state index in [2.05, 4.69) is 25.7 Å². The molecule has 0 aromatic rings. The fourth-order valence-corrected chi connectivity index (χ4v) is 3.53. The van der Waals surface area contributed by atoms with E-state index < -0.39 is 0 Å². The van der Waals surface area contributed by atoms with Crippen LogP contribution >= 0.6 is 0 Å². The Hall–Kier alpha value is -0.120. The third-order valence-corrected chi connectivity index (χ3v) is 4.72. The molecule has 18 heavy (non-hydrogen) atoms. The van der Waals surface area contributed by atoms with E-state index in [4.69, 9.17) is 10.5 Å². The summed E-state index contributed by atoms with van der Waals surface area (Å²) in [4.78, 5) is 2.63. The maximum atomic E-state index is 6.18. The minimum Gasteiger partial charge on any atom is -0.383 e. The third kappa shape index (κ3) is 3.69. The Morgan fingerprint density at radius 1 is 1.50 bits per heavy atom. The van der Waals surface area contributed by atoms with E-state index in [9.17, 15) is 0 Å². The molecule has 0 saturated heterocycles. The van der Waals surface area contributed by atoms with Gasteiger partial charge in [0.15, 0.2) is 0 Å². The molecule has 3 nitrogen and oxygen atoms in total. The first kappa shape index (κ1) is 15.9. The number of hydrogen-bond acceptors (Lipinski definition) is 3. The maximum Gasteiger partial charge on any atom is 0.0590 e. The Morgan fingerprint density at radius 2 is 2.22 bits per heavy atom. The van der Waals surface area contributed by atoms with Crippen LogP contribution in [0.15, 0.2) is 0 Å². The second kappa shape index (κ2) is 7.46. The van der Waals surface area contributed by atoms with Crippen molar-refractivity contribution in [1.82, 2.24) is 4.90 Å². The Kier molecular flexibility index (Phi) is 6.61. The summed E-state index contributed by atoms with van der Waals surface area (Å²) in [5.74, 6) is 0.802. The van der Waals surface area contributed by atoms with Gasteiger partial charge < -0.3 is 10.5 Å². The second-order valence-electron chi connectivity index (χ2n) is 6.07. The van der Waals surface area contributed by atoms with E-state index in [0.29, 0.717) is 6.04 Å². The molecule has 1 rings (SSSR count). The van der Waals surface area contributed by atoms with Crippen LogP contribution in [0, 0.1) is 5.92 Å². The van der Waals surface area contributed by atoms with Gasteiger partial charge in [-0.15, -0.1) is 0 Å². The van der Waals surface area contributed by atoms with Gasteiger partial charge in [0.1, 0.15) is 0 Å². The number of ether oxygens (including phenoxy) is 1. The molecule has 3 unspecified atom stereocenters. The SMILES string of the molecule is CCC(C)N(CCOC)C1(CN)CCCC(C)C1. The molecule has 0 heterocycles. The van der Waals surface area contributed by atoms with Gasteiger partial charge in [-0.2, -0.15) is 0 Å². The van der Waals surface area contributed by atoms with Crippen molar-refractivity contribution in [3.63, 3.8) is 0 Å². The van der Waals surface area contributed by atoms with Crippen LogP contribution < -0.4 is 5.73 Å². The molecule has 0 spiro atoms. The van der Waals surface area contributed by atoms with Crippen molar-refractivity contribution >= 4 is 0 Å². The van der Waals surface area contributed by atoms with Crippen LogP contribution in [0.2, 0.25) is 0 Å². The van der Waals surface area contributed by atoms with Crippen LogP contribution in [0.1, 0.15) is 52.9 Å². The molecule has 0 bridgehead atoms. The van der Waals surface area contributed by atoms with Gasteiger partial charge in [-0.25, -0.2) is 0 Å². The van der Waals surface area contributed by atoms with Crippen molar-refractivity contribution in [1.29, 1.82) is 0 Å². The summed E-state index contributed by atoms with van der Waals surface area (Å²) in [6, 6.07) is 0.592. The lowest BCUT2D eigenvalue weighted by molar-refractivity contribution is -0.00781. The molecule has 0 aromatic heterocycles. The second-order valence-corrected chi connectivity index (χ2v) is 6.07. The van der Waals surface area contributed by atoms with Gasteiger partial charge in [0.2, 0.25) is 0 Å². The lowest BCUT2D eigenvalue weighted by atomic mass is 9.74. The van der Waals surface area contributed by atoms with E-state index >= 15 is 0 Å². The molecule has 1 fully saturated rings. The maximum absolute atomic E-state index is 6.18. The van der Waals surface area contributed by atoms with Gasteiger partial charge in [-0.3, -0.25) is 4.90 Å². The van der Waals surface area contributed by atoms with E-state index in [1.165, 1.54) is 32.1 Å². The molecular weight excluding hydrogens is 224 g/mol. The van der Waals surface area contributed by atoms with E-state index in [0.717, 1.165) is 25.6 Å². The lowest BCUT2D eigenvalue weighted by Gasteiger charge is -2.50. The number of nitrogens with zero attached hydrogens (tertiary/aromatic N) is 1. The minimum absolute atomic E-state index is 0.214. The monoisotopic (exact) mass is 256 g/mol. The topological polar surface area (TPSA) is 38.5 Å². The zero-order valence-corrected chi connectivity index (χ0v) is 12.7. The molecule has 1 aliphatic rings. The summed E-state index contributed by atoms with van der Waals surface area (Å²) < 4.78 is 5.29. The molecule has 2 N–H and O–H groups in total. The molecular formula is C15H32N2O. The Labute approximate surface area is 113 Å². The van der Waals surface area contributed by atoms with E-state index in [1.54, 1.807) is 7.11 Å². The Bertz CT molecular complexity index is 235. The summed E-state index contributed by atoms with van der Waals surface area (Å²) in [6.45, 7) is 9.56. The molecule has 3 heteroatoms. The van der Waals surface area contributed by atoms with Crippen molar-refractivity contribution in [2.45, 2.75) is 64.5 Å². The van der Waals surface area contributed by atoms with Crippen LogP contribution in [-0.4, -0.2) is 43.3 Å². The molecule has 0 radical (unpaired) electrons. The third-order valence-electron chi connectivity index (χ3n) is 4.72. The predicted molar refractivity (Wildman–Crippen MR) is 77.8 cm³/mol. The summed E-state index contributed by atoms with van der Waals surface area (Å²) in [7, 11) is 1.79. The number of methoxy groups -OCH3 is 1. The normalized spacial score (nSPS) is 30.7. The van der Waals surface area contributed by atoms with Gasteiger partial charge >= 0.3 is 0 Å². The van der Waals surface area contributed by atoms with Crippen LogP contribution in [0.25, 0.3) is 0 Å². The quantitative estimate of drug-likeness (QED) is 0.761. The average molecular weight is 256 g/mol. The summed E-state index contributed by atoms with van der Waals surface area (Å²) in [6.07, 6.45) is 6.36. The zero-order valence-electron chi connectivity index (χ0n) is 12.7. The first-order valence-electron chi connectivity index (χ1n) is 7.55. The van der Waals surface area contributed by atoms with Gasteiger partial charge in [0.25, 0.3) is 0 Å². The molecule has 1 aliphatic carbocycles. The minimum atomic E-state index is 0.214. The van der Waals surface area contributed by atoms with Crippen molar-refractivity contribution in [3.05, 3.63) is 0 Å². The smallest absolute Gasteiger partial charge is 0.0590 e. The predicted octanol–water partition coefficient (Wildman–Crippen LogP) is 2.64. The highest BCUT2D eigenvalue weighted by molar-refractivity contribution is 4.97. The van der Waals surface area contributed by atoms with E-state index in [-0.39, 0.29) is 5.54 Å². The van der Waals surface area contributed by atoms with Gasteiger partial charge in [0, 0.05) is 31.8 Å². The highest BCUT2D eigenvalue weighted by atomic mass is 16.5. The zero-order chi connectivity index (χ0) is 13.6. The fraction of sp³-hybridized carbons (Fsp3) is 1.00. The Balaban J connectivity index is 2.83. The lowest BCUT2D eigenvalue weighted by Crippen LogP contribution is -2.59. The first-order chi connectivity index (χ1) is 8.59. The summed E-state index contributed by atoms with van der Waals surface area (Å²) >= 11 is 0. The fourth-order valence-electron chi connectivity index (χ4n) is 3.53. The number of hydrogen-bond donors (Lipinski definition) is 1. The molecule has 108 valence electrons. The number of nitrogens with two attached hydrogens (primary N) is 1. The van der Waals surface area contributed by atoms with Gasteiger partial charge in [0.05, 0.1) is 6.61 Å². The largest absolute Gasteiger partial charge is 0.383 e. The van der Waals surface area contributed by atoms with Crippen molar-refractivity contribution in [2.75, 3.05) is 26.8 Å². The van der Waals surface area contributed by atoms with Crippen molar-refractivity contribution < 1.29 is 4.74 Å². The molecule has 0 amide bonds. The van der Waals surface area contributed by atoms with Gasteiger partial charge in [-0.1, -0.05) is 26.7 Å². The number of rotatable bonds is 7. The van der Waals surface area contributed by atoms with Crippen LogP contribution in [0.3, 0.4) is 0 Å². The van der Waals surface area contributed by atoms with Crippen LogP contribution in [-0.2, 0) is 4.74 Å². The Morgan fingerprint density at radius 3 is 2.72 bits per heavy atom. The van der Waals surface area contributed by atoms with Crippen molar-refractivity contribution in [3.8, 4) is 0 Å². The molecule has 3 atom stereocenters. The van der Waals surface area contributed by atoms with Crippen molar-refractivity contribution in [2.24, 2.45) is 11.7 Å². The standard InChI is InChI=1S/C15H32N2O/c1-5-14(3)17(9-10-18-4)15(12-16)8-6-7-13(2)11-15/h13-14H,5-12,16H2,1-4H3. The highest BCUT2D eigenvalue weighted by Gasteiger charge is 2.40. The molecule has 1 saturated carbocycles. The molecule has 0 aliphatic heterocycles. The van der Waals surface area contributed by atoms with E-state index in [1.807, 2.05) is 0 Å². The van der Waals surface area contributed by atoms with Crippen LogP contribution in [0.4, 0.5) is 0 Å². The van der Waals surface area contributed by atoms with Gasteiger partial charge in [-0.05, 0) is 32.1 Å². The summed E-state index contributed by atoms with van der Waals surface area (Å²) in [5.41, 5.74) is 6.40. The average Bonchev–Trinajstić information content (AvgIpc) is 2.38.